The highest BCUT2D eigenvalue weighted by Gasteiger charge is 2.14. The molecule has 0 fully saturated rings. The number of halogens is 1. The molecule has 0 spiro atoms. The van der Waals surface area contributed by atoms with E-state index in [0.717, 1.165) is 35.5 Å². The Morgan fingerprint density at radius 2 is 2.17 bits per heavy atom. The molecule has 1 aliphatic rings. The van der Waals surface area contributed by atoms with E-state index in [9.17, 15) is 0 Å². The third kappa shape index (κ3) is 3.60. The molecule has 5 heteroatoms. The van der Waals surface area contributed by atoms with E-state index in [2.05, 4.69) is 27.3 Å². The number of benzene rings is 1. The zero-order valence-corrected chi connectivity index (χ0v) is 12.1. The Bertz CT molecular complexity index is 398. The van der Waals surface area contributed by atoms with E-state index in [1.165, 1.54) is 5.56 Å². The molecule has 1 aromatic carbocycles. The van der Waals surface area contributed by atoms with Crippen LogP contribution in [0.25, 0.3) is 0 Å². The topological polar surface area (TPSA) is 39.7 Å². The Kier molecular flexibility index (Phi) is 5.28. The lowest BCUT2D eigenvalue weighted by Crippen LogP contribution is -2.18. The van der Waals surface area contributed by atoms with Gasteiger partial charge in [0.25, 0.3) is 0 Å². The molecule has 0 atom stereocenters. The summed E-state index contributed by atoms with van der Waals surface area (Å²) in [6, 6.07) is 4.10. The van der Waals surface area contributed by atoms with Crippen molar-refractivity contribution in [3.63, 3.8) is 0 Å². The van der Waals surface area contributed by atoms with Crippen LogP contribution in [0.15, 0.2) is 16.6 Å². The maximum atomic E-state index is 5.69. The summed E-state index contributed by atoms with van der Waals surface area (Å²) in [6.45, 7) is 3.75. The van der Waals surface area contributed by atoms with Crippen molar-refractivity contribution in [2.75, 3.05) is 33.5 Å². The highest BCUT2D eigenvalue weighted by molar-refractivity contribution is 9.10. The first-order valence-electron chi connectivity index (χ1n) is 6.09. The summed E-state index contributed by atoms with van der Waals surface area (Å²) in [5.41, 5.74) is 1.17. The lowest BCUT2D eigenvalue weighted by molar-refractivity contribution is 0.199. The maximum absolute atomic E-state index is 5.69. The van der Waals surface area contributed by atoms with E-state index in [-0.39, 0.29) is 0 Å². The van der Waals surface area contributed by atoms with E-state index in [4.69, 9.17) is 14.2 Å². The van der Waals surface area contributed by atoms with Crippen LogP contribution in [-0.4, -0.2) is 33.5 Å². The molecule has 2 rings (SSSR count). The second kappa shape index (κ2) is 6.97. The van der Waals surface area contributed by atoms with Crippen LogP contribution in [0.2, 0.25) is 0 Å². The van der Waals surface area contributed by atoms with Crippen LogP contribution >= 0.6 is 15.9 Å². The highest BCUT2D eigenvalue weighted by Crippen LogP contribution is 2.38. The Balaban J connectivity index is 2.04. The first-order chi connectivity index (χ1) is 8.81. The lowest BCUT2D eigenvalue weighted by atomic mass is 10.2. The second-order valence-corrected chi connectivity index (χ2v) is 4.98. The second-order valence-electron chi connectivity index (χ2n) is 4.12. The van der Waals surface area contributed by atoms with Crippen molar-refractivity contribution in [1.29, 1.82) is 0 Å². The fourth-order valence-corrected chi connectivity index (χ4v) is 2.40. The molecular weight excluding hydrogens is 298 g/mol. The maximum Gasteiger partial charge on any atom is 0.175 e. The van der Waals surface area contributed by atoms with Gasteiger partial charge in [-0.3, -0.25) is 0 Å². The van der Waals surface area contributed by atoms with Gasteiger partial charge in [0.1, 0.15) is 0 Å². The molecule has 1 aromatic rings. The minimum absolute atomic E-state index is 0.705. The van der Waals surface area contributed by atoms with Gasteiger partial charge in [0, 0.05) is 26.6 Å². The van der Waals surface area contributed by atoms with Gasteiger partial charge in [-0.05, 0) is 33.6 Å². The minimum Gasteiger partial charge on any atom is -0.490 e. The van der Waals surface area contributed by atoms with E-state index in [0.29, 0.717) is 19.8 Å². The molecule has 0 amide bonds. The molecular formula is C13H18BrNO3. The van der Waals surface area contributed by atoms with Crippen molar-refractivity contribution in [1.82, 2.24) is 5.32 Å². The van der Waals surface area contributed by atoms with Crippen LogP contribution in [0, 0.1) is 0 Å². The molecule has 1 aliphatic heterocycles. The molecule has 0 aromatic heterocycles. The molecule has 1 N–H and O–H groups in total. The van der Waals surface area contributed by atoms with Crippen LogP contribution in [0.3, 0.4) is 0 Å². The van der Waals surface area contributed by atoms with E-state index >= 15 is 0 Å². The van der Waals surface area contributed by atoms with Crippen molar-refractivity contribution in [3.8, 4) is 11.5 Å². The summed E-state index contributed by atoms with van der Waals surface area (Å²) in [5.74, 6) is 1.64. The number of hydrogen-bond donors (Lipinski definition) is 1. The number of hydrogen-bond acceptors (Lipinski definition) is 4. The van der Waals surface area contributed by atoms with Gasteiger partial charge in [-0.25, -0.2) is 0 Å². The highest BCUT2D eigenvalue weighted by atomic mass is 79.9. The first kappa shape index (κ1) is 13.6. The van der Waals surface area contributed by atoms with Gasteiger partial charge in [-0.15, -0.1) is 0 Å². The van der Waals surface area contributed by atoms with E-state index in [1.54, 1.807) is 7.11 Å². The number of nitrogens with one attached hydrogen (secondary N) is 1. The quantitative estimate of drug-likeness (QED) is 0.847. The average Bonchev–Trinajstić information content (AvgIpc) is 2.60. The molecule has 4 nitrogen and oxygen atoms in total. The predicted molar refractivity (Wildman–Crippen MR) is 73.3 cm³/mol. The molecule has 18 heavy (non-hydrogen) atoms. The molecule has 100 valence electrons. The molecule has 0 radical (unpaired) electrons. The van der Waals surface area contributed by atoms with Crippen molar-refractivity contribution < 1.29 is 14.2 Å². The summed E-state index contributed by atoms with van der Waals surface area (Å²) in [5, 5.41) is 3.31. The van der Waals surface area contributed by atoms with Crippen LogP contribution in [0.1, 0.15) is 12.0 Å². The minimum atomic E-state index is 0.705. The molecule has 0 saturated heterocycles. The van der Waals surface area contributed by atoms with E-state index < -0.39 is 0 Å². The van der Waals surface area contributed by atoms with Crippen LogP contribution in [-0.2, 0) is 11.3 Å². The summed E-state index contributed by atoms with van der Waals surface area (Å²) < 4.78 is 17.3. The Labute approximate surface area is 116 Å². The van der Waals surface area contributed by atoms with E-state index in [1.807, 2.05) is 6.07 Å². The molecule has 0 unspecified atom stereocenters. The number of fused-ring (bicyclic) bond motifs is 1. The van der Waals surface area contributed by atoms with Gasteiger partial charge in [-0.1, -0.05) is 0 Å². The van der Waals surface area contributed by atoms with Gasteiger partial charge in [0.15, 0.2) is 11.5 Å². The number of ether oxygens (including phenoxy) is 3. The van der Waals surface area contributed by atoms with Crippen LogP contribution in [0.4, 0.5) is 0 Å². The predicted octanol–water partition coefficient (Wildman–Crippen LogP) is 2.35. The van der Waals surface area contributed by atoms with Gasteiger partial charge >= 0.3 is 0 Å². The molecule has 0 aliphatic carbocycles. The summed E-state index contributed by atoms with van der Waals surface area (Å²) in [6.07, 6.45) is 0.919. The number of rotatable bonds is 5. The smallest absolute Gasteiger partial charge is 0.175 e. The fourth-order valence-electron chi connectivity index (χ4n) is 1.79. The van der Waals surface area contributed by atoms with Crippen LogP contribution < -0.4 is 14.8 Å². The van der Waals surface area contributed by atoms with Crippen molar-refractivity contribution in [2.45, 2.75) is 13.0 Å². The lowest BCUT2D eigenvalue weighted by Gasteiger charge is -2.12. The Morgan fingerprint density at radius 1 is 1.33 bits per heavy atom. The molecule has 0 bridgehead atoms. The summed E-state index contributed by atoms with van der Waals surface area (Å²) in [4.78, 5) is 0. The van der Waals surface area contributed by atoms with Gasteiger partial charge in [0.05, 0.1) is 24.3 Å². The molecule has 1 heterocycles. The fraction of sp³-hybridized carbons (Fsp3) is 0.538. The average molecular weight is 316 g/mol. The first-order valence-corrected chi connectivity index (χ1v) is 6.88. The van der Waals surface area contributed by atoms with Crippen molar-refractivity contribution in [3.05, 3.63) is 22.2 Å². The third-order valence-electron chi connectivity index (χ3n) is 2.67. The van der Waals surface area contributed by atoms with Crippen LogP contribution in [0.5, 0.6) is 11.5 Å². The van der Waals surface area contributed by atoms with Gasteiger partial charge in [0.2, 0.25) is 0 Å². The Hall–Kier alpha value is -0.780. The van der Waals surface area contributed by atoms with Crippen molar-refractivity contribution in [2.24, 2.45) is 0 Å². The number of methoxy groups -OCH3 is 1. The standard InChI is InChI=1S/C13H18BrNO3/c1-16-6-3-15-9-10-7-11(14)13-12(8-10)17-4-2-5-18-13/h7-8,15H,2-6,9H2,1H3. The SMILES string of the molecule is COCCNCc1cc(Br)c2c(c1)OCCCO2. The van der Waals surface area contributed by atoms with Crippen molar-refractivity contribution >= 4 is 15.9 Å². The zero-order valence-electron chi connectivity index (χ0n) is 10.5. The molecule has 0 saturated carbocycles. The zero-order chi connectivity index (χ0) is 12.8. The normalized spacial score (nSPS) is 14.3. The summed E-state index contributed by atoms with van der Waals surface area (Å²) in [7, 11) is 1.70. The van der Waals surface area contributed by atoms with Gasteiger partial charge in [-0.2, -0.15) is 0 Å². The summed E-state index contributed by atoms with van der Waals surface area (Å²) >= 11 is 3.53. The monoisotopic (exact) mass is 315 g/mol. The van der Waals surface area contributed by atoms with Gasteiger partial charge < -0.3 is 19.5 Å². The Morgan fingerprint density at radius 3 is 3.00 bits per heavy atom. The largest absolute Gasteiger partial charge is 0.490 e. The third-order valence-corrected chi connectivity index (χ3v) is 3.26.